The van der Waals surface area contributed by atoms with Crippen LogP contribution in [-0.4, -0.2) is 53.5 Å². The Labute approximate surface area is 384 Å². The number of rotatable bonds is 12. The van der Waals surface area contributed by atoms with Gasteiger partial charge in [-0.05, 0) is 108 Å². The van der Waals surface area contributed by atoms with Gasteiger partial charge in [-0.3, -0.25) is 23.8 Å². The van der Waals surface area contributed by atoms with Crippen LogP contribution in [0.5, 0.6) is 11.5 Å². The maximum atomic E-state index is 13.4. The number of aliphatic hydroxyl groups is 1. The molecule has 0 amide bonds. The standard InChI is InChI=1S/C26H25NO5S.C26H23NO5S/c2*1-32-22-10-5-6-11-23(22)33(30,31)27-18-14-20(25(29)17-8-3-2-4-9-17)19-16-24(28)26(12-7-13-26)21(19)15-18/h2-6,8-11,14-15,25,27,29H,7,12-13,16H2,1H3;2-6,8-11,14-15,27H,7,12-13,16H2,1H3. The van der Waals surface area contributed by atoms with Crippen molar-refractivity contribution in [1.29, 1.82) is 0 Å². The summed E-state index contributed by atoms with van der Waals surface area (Å²) in [4.78, 5) is 39.4. The molecule has 3 N–H and O–H groups in total. The summed E-state index contributed by atoms with van der Waals surface area (Å²) in [6.07, 6.45) is 4.32. The van der Waals surface area contributed by atoms with Crippen LogP contribution in [0.15, 0.2) is 143 Å². The lowest BCUT2D eigenvalue weighted by Crippen LogP contribution is -2.39. The van der Waals surface area contributed by atoms with E-state index >= 15 is 0 Å². The number of fused-ring (bicyclic) bond motifs is 4. The Balaban J connectivity index is 0.000000166. The van der Waals surface area contributed by atoms with Gasteiger partial charge in [0, 0.05) is 35.3 Å². The predicted octanol–water partition coefficient (Wildman–Crippen LogP) is 8.40. The lowest BCUT2D eigenvalue weighted by atomic mass is 9.64. The van der Waals surface area contributed by atoms with Crippen molar-refractivity contribution < 1.29 is 45.8 Å². The largest absolute Gasteiger partial charge is 0.495 e. The number of carbonyl (C=O) groups excluding carboxylic acids is 3. The van der Waals surface area contributed by atoms with Gasteiger partial charge >= 0.3 is 0 Å². The average molecular weight is 925 g/mol. The number of nitrogens with one attached hydrogen (secondary N) is 2. The zero-order chi connectivity index (χ0) is 46.4. The molecule has 14 heteroatoms. The van der Waals surface area contributed by atoms with Crippen LogP contribution < -0.4 is 18.9 Å². The van der Waals surface area contributed by atoms with Gasteiger partial charge in [0.1, 0.15) is 39.0 Å². The van der Waals surface area contributed by atoms with Gasteiger partial charge in [0.2, 0.25) is 0 Å². The van der Waals surface area contributed by atoms with Gasteiger partial charge in [-0.1, -0.05) is 97.8 Å². The third-order valence-electron chi connectivity index (χ3n) is 13.6. The zero-order valence-electron chi connectivity index (χ0n) is 36.4. The molecule has 0 aliphatic heterocycles. The number of hydrogen-bond acceptors (Lipinski definition) is 10. The number of sulfonamides is 2. The number of Topliss-reactive ketones (excluding diaryl/α,β-unsaturated/α-hetero) is 2. The molecule has 10 rings (SSSR count). The SMILES string of the molecule is COc1ccccc1S(=O)(=O)Nc1cc(C(=O)c2ccccc2)c2c(c1)C1(CCC1)C(=O)C2.COc1ccccc1S(=O)(=O)Nc1cc(C(O)c2ccccc2)c2c(c1)C1(CCC1)C(=O)C2. The summed E-state index contributed by atoms with van der Waals surface area (Å²) in [6.45, 7) is 0. The van der Waals surface area contributed by atoms with Crippen LogP contribution in [0.3, 0.4) is 0 Å². The Morgan fingerprint density at radius 2 is 1.03 bits per heavy atom. The van der Waals surface area contributed by atoms with Crippen LogP contribution >= 0.6 is 0 Å². The highest BCUT2D eigenvalue weighted by atomic mass is 32.2. The summed E-state index contributed by atoms with van der Waals surface area (Å²) in [7, 11) is -5.12. The molecule has 4 aliphatic rings. The fourth-order valence-electron chi connectivity index (χ4n) is 9.95. The highest BCUT2D eigenvalue weighted by molar-refractivity contribution is 7.93. The van der Waals surface area contributed by atoms with Gasteiger partial charge in [0.25, 0.3) is 20.0 Å². The lowest BCUT2D eigenvalue weighted by molar-refractivity contribution is -0.126. The molecule has 0 bridgehead atoms. The molecule has 0 aromatic heterocycles. The van der Waals surface area contributed by atoms with Crippen molar-refractivity contribution in [3.8, 4) is 11.5 Å². The van der Waals surface area contributed by atoms with Crippen LogP contribution in [0.1, 0.15) is 93.9 Å². The Morgan fingerprint density at radius 1 is 0.591 bits per heavy atom. The lowest BCUT2D eigenvalue weighted by Gasteiger charge is -2.38. The van der Waals surface area contributed by atoms with E-state index in [2.05, 4.69) is 9.44 Å². The molecular weight excluding hydrogens is 877 g/mol. The van der Waals surface area contributed by atoms with Gasteiger partial charge in [0.15, 0.2) is 5.78 Å². The smallest absolute Gasteiger partial charge is 0.265 e. The number of ether oxygens (including phenoxy) is 2. The first kappa shape index (κ1) is 44.6. The van der Waals surface area contributed by atoms with E-state index in [0.717, 1.165) is 55.2 Å². The van der Waals surface area contributed by atoms with Gasteiger partial charge in [0.05, 0.1) is 25.0 Å². The van der Waals surface area contributed by atoms with Gasteiger partial charge in [-0.15, -0.1) is 0 Å². The van der Waals surface area contributed by atoms with E-state index in [4.69, 9.17) is 9.47 Å². The maximum absolute atomic E-state index is 13.4. The molecule has 12 nitrogen and oxygen atoms in total. The van der Waals surface area contributed by atoms with Gasteiger partial charge in [-0.2, -0.15) is 0 Å². The number of methoxy groups -OCH3 is 2. The highest BCUT2D eigenvalue weighted by Gasteiger charge is 2.52. The summed E-state index contributed by atoms with van der Waals surface area (Å²) < 4.78 is 68.6. The second kappa shape index (κ2) is 17.3. The average Bonchev–Trinajstić information content (AvgIpc) is 3.78. The summed E-state index contributed by atoms with van der Waals surface area (Å²) in [6, 6.07) is 37.4. The molecule has 2 saturated carbocycles. The second-order valence-corrected chi connectivity index (χ2v) is 20.5. The molecule has 6 aromatic carbocycles. The van der Waals surface area contributed by atoms with E-state index in [1.807, 2.05) is 36.4 Å². The fourth-order valence-corrected chi connectivity index (χ4v) is 12.4. The molecule has 0 saturated heterocycles. The number of anilines is 2. The zero-order valence-corrected chi connectivity index (χ0v) is 38.0. The number of ketones is 3. The Kier molecular flexibility index (Phi) is 11.7. The Morgan fingerprint density at radius 3 is 1.52 bits per heavy atom. The fraction of sp³-hybridized carbons (Fsp3) is 0.250. The Hall–Kier alpha value is -6.61. The molecule has 338 valence electrons. The van der Waals surface area contributed by atoms with Crippen LogP contribution in [0.2, 0.25) is 0 Å². The minimum atomic E-state index is -3.99. The van der Waals surface area contributed by atoms with E-state index < -0.39 is 37.0 Å². The molecule has 0 heterocycles. The molecule has 1 atom stereocenters. The monoisotopic (exact) mass is 924 g/mol. The Bertz CT molecular complexity index is 3130. The summed E-state index contributed by atoms with van der Waals surface area (Å²) in [5.74, 6) is 0.485. The summed E-state index contributed by atoms with van der Waals surface area (Å²) >= 11 is 0. The number of para-hydroxylation sites is 2. The van der Waals surface area contributed by atoms with Crippen molar-refractivity contribution in [2.75, 3.05) is 23.7 Å². The molecule has 1 unspecified atom stereocenters. The number of hydrogen-bond donors (Lipinski definition) is 3. The van der Waals surface area contributed by atoms with E-state index in [1.165, 1.54) is 26.4 Å². The summed E-state index contributed by atoms with van der Waals surface area (Å²) in [5, 5.41) is 11.2. The van der Waals surface area contributed by atoms with Gasteiger partial charge in [-0.25, -0.2) is 16.8 Å². The van der Waals surface area contributed by atoms with Crippen molar-refractivity contribution in [3.63, 3.8) is 0 Å². The van der Waals surface area contributed by atoms with E-state index in [-0.39, 0.29) is 57.2 Å². The molecular formula is C52H48N2O10S2. The second-order valence-electron chi connectivity index (χ2n) is 17.2. The van der Waals surface area contributed by atoms with Crippen LogP contribution in [-0.2, 0) is 53.3 Å². The first-order valence-corrected chi connectivity index (χ1v) is 24.7. The van der Waals surface area contributed by atoms with Gasteiger partial charge < -0.3 is 14.6 Å². The molecule has 66 heavy (non-hydrogen) atoms. The van der Waals surface area contributed by atoms with Crippen molar-refractivity contribution in [2.45, 2.75) is 78.1 Å². The quantitative estimate of drug-likeness (QED) is 0.101. The van der Waals surface area contributed by atoms with Crippen LogP contribution in [0.4, 0.5) is 11.4 Å². The number of benzene rings is 6. The molecule has 0 radical (unpaired) electrons. The predicted molar refractivity (Wildman–Crippen MR) is 249 cm³/mol. The van der Waals surface area contributed by atoms with Crippen LogP contribution in [0, 0.1) is 0 Å². The minimum Gasteiger partial charge on any atom is -0.495 e. The third-order valence-corrected chi connectivity index (χ3v) is 16.5. The van der Waals surface area contributed by atoms with E-state index in [9.17, 15) is 36.3 Å². The molecule has 2 fully saturated rings. The molecule has 2 spiro atoms. The van der Waals surface area contributed by atoms with E-state index in [0.29, 0.717) is 33.5 Å². The van der Waals surface area contributed by atoms with Crippen molar-refractivity contribution in [2.24, 2.45) is 0 Å². The first-order valence-electron chi connectivity index (χ1n) is 21.8. The van der Waals surface area contributed by atoms with Crippen molar-refractivity contribution in [3.05, 3.63) is 178 Å². The van der Waals surface area contributed by atoms with Crippen LogP contribution in [0.25, 0.3) is 0 Å². The minimum absolute atomic E-state index is 0.00151. The maximum Gasteiger partial charge on any atom is 0.265 e. The first-order chi connectivity index (χ1) is 31.7. The normalized spacial score (nSPS) is 16.8. The topological polar surface area (TPSA) is 182 Å². The van der Waals surface area contributed by atoms with E-state index in [1.54, 1.807) is 84.9 Å². The third kappa shape index (κ3) is 7.76. The van der Waals surface area contributed by atoms with Crippen molar-refractivity contribution >= 4 is 48.8 Å². The van der Waals surface area contributed by atoms with Crippen molar-refractivity contribution in [1.82, 2.24) is 0 Å². The molecule has 6 aromatic rings. The summed E-state index contributed by atoms with van der Waals surface area (Å²) in [5.41, 5.74) is 4.68. The molecule has 4 aliphatic carbocycles. The highest BCUT2D eigenvalue weighted by Crippen LogP contribution is 2.54. The number of aliphatic hydroxyl groups excluding tert-OH is 1. The number of carbonyl (C=O) groups is 3.